The fraction of sp³-hybridized carbons (Fsp3) is 0.294. The van der Waals surface area contributed by atoms with Crippen molar-refractivity contribution in [3.63, 3.8) is 0 Å². The average Bonchev–Trinajstić information content (AvgIpc) is 2.64. The molecular weight excluding hydrogens is 420 g/mol. The van der Waals surface area contributed by atoms with Crippen molar-refractivity contribution in [2.45, 2.75) is 6.92 Å². The molecule has 3 aromatic rings. The lowest BCUT2D eigenvalue weighted by atomic mass is 10.1. The van der Waals surface area contributed by atoms with Gasteiger partial charge in [0.25, 0.3) is 5.56 Å². The Bertz CT molecular complexity index is 1230. The van der Waals surface area contributed by atoms with E-state index in [0.29, 0.717) is 28.1 Å². The number of benzene rings is 1. The number of halogens is 1. The maximum atomic E-state index is 12.7. The van der Waals surface area contributed by atoms with Crippen LogP contribution in [0.25, 0.3) is 22.3 Å². The van der Waals surface area contributed by atoms with Gasteiger partial charge in [0.15, 0.2) is 17.1 Å². The Kier molecular flexibility index (Phi) is 4.92. The molecule has 142 valence electrons. The van der Waals surface area contributed by atoms with Crippen LogP contribution < -0.4 is 26.4 Å². The lowest BCUT2D eigenvalue weighted by Crippen LogP contribution is -2.38. The summed E-state index contributed by atoms with van der Waals surface area (Å²) in [5.74, 6) is 0.929. The standard InChI is InChI=1S/C17H17BrN4O5/c1-5-27-10-7-8(6-9(18)13(10)26-4)12-11-14(20-16(24)19-12)21(2)17(25)22(3)15(11)23/h6-7H,5H2,1-4H3,(H,19,20,24). The van der Waals surface area contributed by atoms with Gasteiger partial charge in [0.2, 0.25) is 0 Å². The summed E-state index contributed by atoms with van der Waals surface area (Å²) < 4.78 is 13.7. The summed E-state index contributed by atoms with van der Waals surface area (Å²) in [6.45, 7) is 2.23. The van der Waals surface area contributed by atoms with Crippen LogP contribution in [0.2, 0.25) is 0 Å². The van der Waals surface area contributed by atoms with Gasteiger partial charge in [0.1, 0.15) is 5.39 Å². The number of fused-ring (bicyclic) bond motifs is 1. The first-order valence-corrected chi connectivity index (χ1v) is 8.80. The van der Waals surface area contributed by atoms with Crippen LogP contribution in [-0.2, 0) is 14.1 Å². The largest absolute Gasteiger partial charge is 0.492 e. The zero-order valence-corrected chi connectivity index (χ0v) is 16.7. The quantitative estimate of drug-likeness (QED) is 0.657. The molecule has 0 unspecified atom stereocenters. The number of hydrogen-bond acceptors (Lipinski definition) is 6. The molecule has 10 heteroatoms. The Morgan fingerprint density at radius 3 is 2.52 bits per heavy atom. The van der Waals surface area contributed by atoms with Crippen molar-refractivity contribution in [1.29, 1.82) is 0 Å². The van der Waals surface area contributed by atoms with Gasteiger partial charge in [-0.15, -0.1) is 0 Å². The molecule has 0 amide bonds. The van der Waals surface area contributed by atoms with Gasteiger partial charge < -0.3 is 14.5 Å². The molecule has 1 aromatic carbocycles. The zero-order valence-electron chi connectivity index (χ0n) is 15.1. The van der Waals surface area contributed by atoms with Crippen LogP contribution in [0.1, 0.15) is 6.92 Å². The average molecular weight is 437 g/mol. The molecule has 0 aliphatic heterocycles. The van der Waals surface area contributed by atoms with E-state index in [1.54, 1.807) is 12.1 Å². The van der Waals surface area contributed by atoms with Gasteiger partial charge in [-0.2, -0.15) is 4.98 Å². The highest BCUT2D eigenvalue weighted by atomic mass is 79.9. The second-order valence-corrected chi connectivity index (χ2v) is 6.60. The third kappa shape index (κ3) is 3.05. The smallest absolute Gasteiger partial charge is 0.347 e. The van der Waals surface area contributed by atoms with Crippen LogP contribution in [0, 0.1) is 0 Å². The number of H-pyrrole nitrogens is 1. The number of nitrogens with one attached hydrogen (secondary N) is 1. The highest BCUT2D eigenvalue weighted by molar-refractivity contribution is 9.10. The van der Waals surface area contributed by atoms with Crippen molar-refractivity contribution in [3.05, 3.63) is 47.9 Å². The molecule has 0 saturated carbocycles. The van der Waals surface area contributed by atoms with Gasteiger partial charge in [-0.05, 0) is 35.0 Å². The lowest BCUT2D eigenvalue weighted by Gasteiger charge is -2.14. The van der Waals surface area contributed by atoms with E-state index < -0.39 is 16.9 Å². The van der Waals surface area contributed by atoms with Crippen molar-refractivity contribution in [2.24, 2.45) is 14.1 Å². The summed E-state index contributed by atoms with van der Waals surface area (Å²) in [5, 5.41) is 0.124. The Balaban J connectivity index is 2.48. The van der Waals surface area contributed by atoms with Crippen LogP contribution in [0.3, 0.4) is 0 Å². The van der Waals surface area contributed by atoms with Crippen molar-refractivity contribution >= 4 is 27.0 Å². The van der Waals surface area contributed by atoms with Crippen LogP contribution in [0.4, 0.5) is 0 Å². The maximum Gasteiger partial charge on any atom is 0.347 e. The molecule has 0 radical (unpaired) electrons. The first kappa shape index (κ1) is 18.9. The monoisotopic (exact) mass is 436 g/mol. The molecule has 0 fully saturated rings. The van der Waals surface area contributed by atoms with E-state index >= 15 is 0 Å². The van der Waals surface area contributed by atoms with Crippen LogP contribution in [-0.4, -0.2) is 32.8 Å². The Hall–Kier alpha value is -2.88. The minimum atomic E-state index is -0.675. The SMILES string of the molecule is CCOc1cc(-c2[nH]c(=O)nc3c2c(=O)n(C)c(=O)n3C)cc(Br)c1OC. The first-order valence-electron chi connectivity index (χ1n) is 8.00. The molecule has 0 saturated heterocycles. The van der Waals surface area contributed by atoms with E-state index in [9.17, 15) is 14.4 Å². The maximum absolute atomic E-state index is 12.7. The summed E-state index contributed by atoms with van der Waals surface area (Å²) in [7, 11) is 4.34. The molecule has 0 atom stereocenters. The molecule has 3 rings (SSSR count). The summed E-state index contributed by atoms with van der Waals surface area (Å²) >= 11 is 3.42. The van der Waals surface area contributed by atoms with E-state index in [0.717, 1.165) is 9.13 Å². The number of ether oxygens (including phenoxy) is 2. The first-order chi connectivity index (χ1) is 12.8. The Labute approximate surface area is 161 Å². The van der Waals surface area contributed by atoms with Gasteiger partial charge in [0, 0.05) is 19.7 Å². The number of aromatic nitrogens is 4. The number of aryl methyl sites for hydroxylation is 1. The number of hydrogen-bond donors (Lipinski definition) is 1. The number of nitrogens with zero attached hydrogens (tertiary/aromatic N) is 3. The minimum absolute atomic E-state index is 0.00625. The van der Waals surface area contributed by atoms with Crippen LogP contribution >= 0.6 is 15.9 Å². The van der Waals surface area contributed by atoms with E-state index in [4.69, 9.17) is 9.47 Å². The van der Waals surface area contributed by atoms with E-state index in [1.807, 2.05) is 6.92 Å². The van der Waals surface area contributed by atoms with Crippen LogP contribution in [0.5, 0.6) is 11.5 Å². The van der Waals surface area contributed by atoms with Crippen molar-refractivity contribution < 1.29 is 9.47 Å². The van der Waals surface area contributed by atoms with Gasteiger partial charge in [-0.3, -0.25) is 13.9 Å². The molecule has 2 aromatic heterocycles. The van der Waals surface area contributed by atoms with Crippen LogP contribution in [0.15, 0.2) is 31.0 Å². The highest BCUT2D eigenvalue weighted by Gasteiger charge is 2.19. The number of aromatic amines is 1. The predicted molar refractivity (Wildman–Crippen MR) is 104 cm³/mol. The normalized spacial score (nSPS) is 11.0. The fourth-order valence-electron chi connectivity index (χ4n) is 2.87. The van der Waals surface area contributed by atoms with E-state index in [-0.39, 0.29) is 16.7 Å². The highest BCUT2D eigenvalue weighted by Crippen LogP contribution is 2.39. The zero-order chi connectivity index (χ0) is 19.9. The van der Waals surface area contributed by atoms with Crippen molar-refractivity contribution in [2.75, 3.05) is 13.7 Å². The molecule has 1 N–H and O–H groups in total. The fourth-order valence-corrected chi connectivity index (χ4v) is 3.47. The third-order valence-electron chi connectivity index (χ3n) is 4.13. The molecule has 2 heterocycles. The molecule has 0 aliphatic rings. The lowest BCUT2D eigenvalue weighted by molar-refractivity contribution is 0.310. The summed E-state index contributed by atoms with van der Waals surface area (Å²) in [6, 6.07) is 3.35. The third-order valence-corrected chi connectivity index (χ3v) is 4.71. The molecule has 9 nitrogen and oxygen atoms in total. The van der Waals surface area contributed by atoms with Gasteiger partial charge in [-0.25, -0.2) is 9.59 Å². The van der Waals surface area contributed by atoms with E-state index in [1.165, 1.54) is 21.2 Å². The number of methoxy groups -OCH3 is 1. The number of rotatable bonds is 4. The summed E-state index contributed by atoms with van der Waals surface area (Å²) in [4.78, 5) is 43.4. The molecular formula is C17H17BrN4O5. The van der Waals surface area contributed by atoms with Crippen molar-refractivity contribution in [3.8, 4) is 22.8 Å². The summed E-state index contributed by atoms with van der Waals surface area (Å²) in [5.41, 5.74) is -1.05. The molecule has 0 bridgehead atoms. The molecule has 0 spiro atoms. The predicted octanol–water partition coefficient (Wildman–Crippen LogP) is 1.16. The van der Waals surface area contributed by atoms with Crippen molar-refractivity contribution in [1.82, 2.24) is 19.1 Å². The van der Waals surface area contributed by atoms with Gasteiger partial charge in [-0.1, -0.05) is 0 Å². The van der Waals surface area contributed by atoms with E-state index in [2.05, 4.69) is 25.9 Å². The molecule has 27 heavy (non-hydrogen) atoms. The Morgan fingerprint density at radius 1 is 1.19 bits per heavy atom. The Morgan fingerprint density at radius 2 is 1.89 bits per heavy atom. The minimum Gasteiger partial charge on any atom is -0.492 e. The van der Waals surface area contributed by atoms with Gasteiger partial charge in [0.05, 0.1) is 23.9 Å². The second-order valence-electron chi connectivity index (χ2n) is 5.74. The molecule has 0 aliphatic carbocycles. The summed E-state index contributed by atoms with van der Waals surface area (Å²) in [6.07, 6.45) is 0. The second kappa shape index (κ2) is 7.03. The van der Waals surface area contributed by atoms with Gasteiger partial charge >= 0.3 is 11.4 Å². The topological polar surface area (TPSA) is 108 Å².